The molecule has 1 rings (SSSR count). The van der Waals surface area contributed by atoms with Crippen molar-refractivity contribution in [1.29, 1.82) is 0 Å². The Morgan fingerprint density at radius 1 is 1.11 bits per heavy atom. The van der Waals surface area contributed by atoms with Gasteiger partial charge >= 0.3 is 0 Å². The molecule has 0 aliphatic heterocycles. The number of aryl methyl sites for hydroxylation is 1. The summed E-state index contributed by atoms with van der Waals surface area (Å²) in [6.07, 6.45) is 2.30. The van der Waals surface area contributed by atoms with Gasteiger partial charge in [0, 0.05) is 18.7 Å². The van der Waals surface area contributed by atoms with E-state index in [0.717, 1.165) is 0 Å². The van der Waals surface area contributed by atoms with E-state index in [4.69, 9.17) is 0 Å². The van der Waals surface area contributed by atoms with Gasteiger partial charge < -0.3 is 5.32 Å². The van der Waals surface area contributed by atoms with E-state index < -0.39 is 0 Å². The molecule has 1 aromatic rings. The van der Waals surface area contributed by atoms with Crippen molar-refractivity contribution in [2.24, 2.45) is 0 Å². The maximum atomic E-state index is 3.20. The topological polar surface area (TPSA) is 12.0 Å². The highest BCUT2D eigenvalue weighted by molar-refractivity contribution is 5.42. The second-order valence-electron chi connectivity index (χ2n) is 5.61. The molecular weight excluding hydrogens is 218 g/mol. The van der Waals surface area contributed by atoms with Crippen molar-refractivity contribution in [3.63, 3.8) is 0 Å². The van der Waals surface area contributed by atoms with E-state index in [2.05, 4.69) is 65.1 Å². The molecule has 1 unspecified atom stereocenters. The zero-order valence-corrected chi connectivity index (χ0v) is 12.9. The van der Waals surface area contributed by atoms with Gasteiger partial charge in [0.2, 0.25) is 0 Å². The van der Waals surface area contributed by atoms with Crippen molar-refractivity contribution in [3.8, 4) is 0 Å². The Hall–Kier alpha value is -1.24. The average Bonchev–Trinajstić information content (AvgIpc) is 2.30. The Labute approximate surface area is 112 Å². The first-order valence-electron chi connectivity index (χ1n) is 6.84. The van der Waals surface area contributed by atoms with Crippen LogP contribution in [0.25, 0.3) is 0 Å². The summed E-state index contributed by atoms with van der Waals surface area (Å²) < 4.78 is 0. The van der Waals surface area contributed by atoms with Crippen molar-refractivity contribution in [3.05, 3.63) is 46.2 Å². The van der Waals surface area contributed by atoms with Crippen molar-refractivity contribution < 1.29 is 0 Å². The van der Waals surface area contributed by atoms with Gasteiger partial charge in [0.1, 0.15) is 0 Å². The molecule has 0 saturated heterocycles. The molecule has 0 bridgehead atoms. The molecule has 0 aliphatic rings. The van der Waals surface area contributed by atoms with Gasteiger partial charge in [-0.2, -0.15) is 0 Å². The van der Waals surface area contributed by atoms with Crippen LogP contribution in [-0.4, -0.2) is 7.05 Å². The minimum atomic E-state index is 0.454. The van der Waals surface area contributed by atoms with Crippen LogP contribution >= 0.6 is 0 Å². The SMILES string of the molecule is CN/C(C)=C/C(C)c1cc(C)cc(C(C)C)c1C. The predicted molar refractivity (Wildman–Crippen MR) is 81.2 cm³/mol. The van der Waals surface area contributed by atoms with Gasteiger partial charge in [0.05, 0.1) is 0 Å². The van der Waals surface area contributed by atoms with Crippen molar-refractivity contribution in [1.82, 2.24) is 5.32 Å². The summed E-state index contributed by atoms with van der Waals surface area (Å²) in [5.74, 6) is 1.04. The Balaban J connectivity index is 3.24. The third-order valence-corrected chi connectivity index (χ3v) is 3.64. The Morgan fingerprint density at radius 2 is 1.67 bits per heavy atom. The minimum Gasteiger partial charge on any atom is -0.392 e. The monoisotopic (exact) mass is 245 g/mol. The van der Waals surface area contributed by atoms with Crippen LogP contribution in [0, 0.1) is 13.8 Å². The fourth-order valence-corrected chi connectivity index (χ4v) is 2.54. The maximum Gasteiger partial charge on any atom is 0.00380 e. The Morgan fingerprint density at radius 3 is 2.17 bits per heavy atom. The fourth-order valence-electron chi connectivity index (χ4n) is 2.54. The third kappa shape index (κ3) is 3.38. The summed E-state index contributed by atoms with van der Waals surface area (Å²) >= 11 is 0. The van der Waals surface area contributed by atoms with E-state index in [1.807, 2.05) is 7.05 Å². The van der Waals surface area contributed by atoms with Gasteiger partial charge in [-0.3, -0.25) is 0 Å². The predicted octanol–water partition coefficient (Wildman–Crippen LogP) is 4.65. The normalized spacial score (nSPS) is 13.9. The number of nitrogens with one attached hydrogen (secondary N) is 1. The lowest BCUT2D eigenvalue weighted by molar-refractivity contribution is 0.833. The number of hydrogen-bond donors (Lipinski definition) is 1. The van der Waals surface area contributed by atoms with E-state index in [1.54, 1.807) is 0 Å². The van der Waals surface area contributed by atoms with E-state index in [-0.39, 0.29) is 0 Å². The molecule has 0 aliphatic carbocycles. The first kappa shape index (κ1) is 14.8. The highest BCUT2D eigenvalue weighted by atomic mass is 14.8. The van der Waals surface area contributed by atoms with Crippen LogP contribution < -0.4 is 5.32 Å². The first-order valence-corrected chi connectivity index (χ1v) is 6.84. The zero-order chi connectivity index (χ0) is 13.9. The lowest BCUT2D eigenvalue weighted by Crippen LogP contribution is -2.06. The number of allylic oxidation sites excluding steroid dienone is 2. The van der Waals surface area contributed by atoms with Gasteiger partial charge in [-0.15, -0.1) is 0 Å². The van der Waals surface area contributed by atoms with Crippen LogP contribution in [0.15, 0.2) is 23.9 Å². The molecule has 0 saturated carbocycles. The Bertz CT molecular complexity index is 441. The highest BCUT2D eigenvalue weighted by Crippen LogP contribution is 2.29. The molecule has 1 heteroatoms. The molecule has 0 spiro atoms. The summed E-state index contributed by atoms with van der Waals surface area (Å²) in [4.78, 5) is 0. The quantitative estimate of drug-likeness (QED) is 0.814. The molecule has 1 N–H and O–H groups in total. The number of rotatable bonds is 4. The van der Waals surface area contributed by atoms with Gasteiger partial charge in [-0.1, -0.05) is 44.5 Å². The summed E-state index contributed by atoms with van der Waals surface area (Å²) in [6.45, 7) is 13.4. The molecule has 0 radical (unpaired) electrons. The van der Waals surface area contributed by atoms with Crippen LogP contribution in [0.3, 0.4) is 0 Å². The molecule has 18 heavy (non-hydrogen) atoms. The summed E-state index contributed by atoms with van der Waals surface area (Å²) in [5, 5.41) is 3.20. The van der Waals surface area contributed by atoms with Gasteiger partial charge in [-0.25, -0.2) is 0 Å². The summed E-state index contributed by atoms with van der Waals surface area (Å²) in [6, 6.07) is 4.65. The molecular formula is C17H27N. The second-order valence-corrected chi connectivity index (χ2v) is 5.61. The number of hydrogen-bond acceptors (Lipinski definition) is 1. The van der Waals surface area contributed by atoms with Gasteiger partial charge in [-0.05, 0) is 43.4 Å². The summed E-state index contributed by atoms with van der Waals surface area (Å²) in [5.41, 5.74) is 6.97. The largest absolute Gasteiger partial charge is 0.392 e. The van der Waals surface area contributed by atoms with E-state index in [1.165, 1.54) is 28.0 Å². The summed E-state index contributed by atoms with van der Waals surface area (Å²) in [7, 11) is 1.97. The lowest BCUT2D eigenvalue weighted by Gasteiger charge is -2.19. The zero-order valence-electron chi connectivity index (χ0n) is 12.9. The van der Waals surface area contributed by atoms with Crippen LogP contribution in [0.1, 0.15) is 61.8 Å². The molecule has 100 valence electrons. The maximum absolute atomic E-state index is 3.20. The molecule has 0 amide bonds. The molecule has 0 heterocycles. The van der Waals surface area contributed by atoms with Crippen LogP contribution in [0.2, 0.25) is 0 Å². The van der Waals surface area contributed by atoms with E-state index >= 15 is 0 Å². The molecule has 1 atom stereocenters. The van der Waals surface area contributed by atoms with Crippen molar-refractivity contribution in [2.45, 2.75) is 53.4 Å². The van der Waals surface area contributed by atoms with Crippen molar-refractivity contribution in [2.75, 3.05) is 7.05 Å². The highest BCUT2D eigenvalue weighted by Gasteiger charge is 2.12. The van der Waals surface area contributed by atoms with E-state index in [9.17, 15) is 0 Å². The molecule has 1 aromatic carbocycles. The average molecular weight is 245 g/mol. The lowest BCUT2D eigenvalue weighted by atomic mass is 9.87. The molecule has 0 fully saturated rings. The molecule has 0 aromatic heterocycles. The van der Waals surface area contributed by atoms with Crippen LogP contribution in [0.4, 0.5) is 0 Å². The smallest absolute Gasteiger partial charge is 0.00380 e. The fraction of sp³-hybridized carbons (Fsp3) is 0.529. The molecule has 1 nitrogen and oxygen atoms in total. The van der Waals surface area contributed by atoms with Crippen molar-refractivity contribution >= 4 is 0 Å². The van der Waals surface area contributed by atoms with E-state index in [0.29, 0.717) is 11.8 Å². The third-order valence-electron chi connectivity index (χ3n) is 3.64. The van der Waals surface area contributed by atoms with Crippen LogP contribution in [0.5, 0.6) is 0 Å². The minimum absolute atomic E-state index is 0.454. The Kier molecular flexibility index (Phi) is 5.01. The first-order chi connectivity index (χ1) is 8.36. The van der Waals surface area contributed by atoms with Crippen LogP contribution in [-0.2, 0) is 0 Å². The second kappa shape index (κ2) is 6.08. The number of benzene rings is 1. The van der Waals surface area contributed by atoms with Gasteiger partial charge in [0.15, 0.2) is 0 Å². The van der Waals surface area contributed by atoms with Gasteiger partial charge in [0.25, 0.3) is 0 Å². The standard InChI is InChI=1S/C17H27N/c1-11(2)16-8-12(3)9-17(15(16)6)13(4)10-14(5)18-7/h8-11,13,18H,1-7H3/b14-10+.